The summed E-state index contributed by atoms with van der Waals surface area (Å²) in [6, 6.07) is 21.9. The van der Waals surface area contributed by atoms with E-state index in [1.165, 1.54) is 0 Å². The van der Waals surface area contributed by atoms with E-state index in [9.17, 15) is 4.79 Å². The standard InChI is InChI=1S/C32H36N6O3/c1-21-19-24-25(33)11-8-12-27(24)37(21)30-34-29(28-14-13-26(38(28)35-30)23-15-17-40-18-16-23)36(31(39)41-32(2,3)4)20-22-9-6-5-7-10-22/h5-14,19,23H,15-18,20,33H2,1-4H3. The van der Waals surface area contributed by atoms with Gasteiger partial charge in [-0.3, -0.25) is 9.47 Å². The molecular weight excluding hydrogens is 516 g/mol. The van der Waals surface area contributed by atoms with Crippen LogP contribution in [0.4, 0.5) is 16.3 Å². The van der Waals surface area contributed by atoms with Crippen LogP contribution < -0.4 is 10.6 Å². The zero-order chi connectivity index (χ0) is 28.7. The van der Waals surface area contributed by atoms with Crippen LogP contribution in [0.5, 0.6) is 0 Å². The molecule has 6 rings (SSSR count). The molecule has 0 aliphatic carbocycles. The lowest BCUT2D eigenvalue weighted by atomic mass is 9.97. The molecule has 4 heterocycles. The Morgan fingerprint density at radius 3 is 2.54 bits per heavy atom. The number of rotatable bonds is 5. The highest BCUT2D eigenvalue weighted by molar-refractivity contribution is 5.94. The Morgan fingerprint density at radius 2 is 1.80 bits per heavy atom. The van der Waals surface area contributed by atoms with Gasteiger partial charge in [0.25, 0.3) is 5.95 Å². The van der Waals surface area contributed by atoms with Crippen molar-refractivity contribution in [1.29, 1.82) is 0 Å². The van der Waals surface area contributed by atoms with E-state index in [1.807, 2.05) is 97.4 Å². The minimum Gasteiger partial charge on any atom is -0.443 e. The number of benzene rings is 2. The molecule has 2 N–H and O–H groups in total. The Balaban J connectivity index is 1.59. The fraction of sp³-hybridized carbons (Fsp3) is 0.344. The van der Waals surface area contributed by atoms with Crippen LogP contribution in [0.25, 0.3) is 22.4 Å². The second kappa shape index (κ2) is 10.6. The van der Waals surface area contributed by atoms with Crippen LogP contribution in [-0.2, 0) is 16.0 Å². The molecule has 1 amide bonds. The van der Waals surface area contributed by atoms with E-state index in [0.29, 0.717) is 30.7 Å². The number of fused-ring (bicyclic) bond motifs is 2. The molecule has 0 unspecified atom stereocenters. The van der Waals surface area contributed by atoms with Crippen LogP contribution in [0.15, 0.2) is 66.7 Å². The van der Waals surface area contributed by atoms with Gasteiger partial charge in [-0.15, -0.1) is 5.10 Å². The van der Waals surface area contributed by atoms with Crippen molar-refractivity contribution in [3.05, 3.63) is 83.7 Å². The van der Waals surface area contributed by atoms with Gasteiger partial charge in [0.15, 0.2) is 5.82 Å². The lowest BCUT2D eigenvalue weighted by molar-refractivity contribution is 0.0576. The fourth-order valence-corrected chi connectivity index (χ4v) is 5.55. The minimum absolute atomic E-state index is 0.282. The molecule has 9 nitrogen and oxygen atoms in total. The van der Waals surface area contributed by atoms with Gasteiger partial charge < -0.3 is 15.2 Å². The highest BCUT2D eigenvalue weighted by Gasteiger charge is 2.29. The van der Waals surface area contributed by atoms with E-state index in [4.69, 9.17) is 25.3 Å². The second-order valence-corrected chi connectivity index (χ2v) is 11.6. The first kappa shape index (κ1) is 26.8. The van der Waals surface area contributed by atoms with E-state index >= 15 is 0 Å². The van der Waals surface area contributed by atoms with E-state index in [1.54, 1.807) is 4.90 Å². The molecule has 1 saturated heterocycles. The number of aromatic nitrogens is 4. The van der Waals surface area contributed by atoms with Gasteiger partial charge in [-0.05, 0) is 76.4 Å². The maximum Gasteiger partial charge on any atom is 0.416 e. The van der Waals surface area contributed by atoms with Gasteiger partial charge in [0.05, 0.1) is 12.1 Å². The van der Waals surface area contributed by atoms with Crippen molar-refractivity contribution in [3.63, 3.8) is 0 Å². The molecule has 0 atom stereocenters. The Bertz CT molecular complexity index is 1710. The molecule has 0 bridgehead atoms. The lowest BCUT2D eigenvalue weighted by Gasteiger charge is -2.28. The zero-order valence-corrected chi connectivity index (χ0v) is 24.0. The third kappa shape index (κ3) is 5.25. The van der Waals surface area contributed by atoms with Gasteiger partial charge >= 0.3 is 6.09 Å². The molecule has 3 aromatic heterocycles. The van der Waals surface area contributed by atoms with Crippen molar-refractivity contribution in [2.75, 3.05) is 23.8 Å². The first-order valence-corrected chi connectivity index (χ1v) is 14.1. The molecule has 0 spiro atoms. The quantitative estimate of drug-likeness (QED) is 0.253. The Kier molecular flexibility index (Phi) is 6.91. The zero-order valence-electron chi connectivity index (χ0n) is 24.0. The number of aryl methyl sites for hydroxylation is 1. The normalized spacial score (nSPS) is 14.5. The summed E-state index contributed by atoms with van der Waals surface area (Å²) in [5.74, 6) is 1.22. The summed E-state index contributed by atoms with van der Waals surface area (Å²) >= 11 is 0. The molecule has 5 aromatic rings. The van der Waals surface area contributed by atoms with Gasteiger partial charge in [-0.1, -0.05) is 36.4 Å². The van der Waals surface area contributed by atoms with E-state index in [0.717, 1.165) is 46.2 Å². The highest BCUT2D eigenvalue weighted by Crippen LogP contribution is 2.34. The first-order valence-electron chi connectivity index (χ1n) is 14.1. The van der Waals surface area contributed by atoms with E-state index in [-0.39, 0.29) is 12.5 Å². The average molecular weight is 553 g/mol. The van der Waals surface area contributed by atoms with Crippen molar-refractivity contribution in [2.45, 2.75) is 58.6 Å². The van der Waals surface area contributed by atoms with Crippen molar-refractivity contribution < 1.29 is 14.3 Å². The Labute approximate surface area is 239 Å². The number of carbonyl (C=O) groups excluding carboxylic acids is 1. The molecule has 41 heavy (non-hydrogen) atoms. The number of hydrogen-bond donors (Lipinski definition) is 1. The molecule has 212 valence electrons. The number of nitrogen functional groups attached to an aromatic ring is 1. The van der Waals surface area contributed by atoms with Crippen molar-refractivity contribution in [2.24, 2.45) is 0 Å². The van der Waals surface area contributed by atoms with Crippen LogP contribution in [0.1, 0.15) is 56.5 Å². The minimum atomic E-state index is -0.682. The number of anilines is 2. The van der Waals surface area contributed by atoms with E-state index in [2.05, 4.69) is 6.07 Å². The summed E-state index contributed by atoms with van der Waals surface area (Å²) < 4.78 is 15.5. The number of nitrogens with two attached hydrogens (primary N) is 1. The molecule has 0 radical (unpaired) electrons. The van der Waals surface area contributed by atoms with Gasteiger partial charge in [-0.25, -0.2) is 9.31 Å². The molecule has 9 heteroatoms. The lowest BCUT2D eigenvalue weighted by Crippen LogP contribution is -2.37. The Hall–Kier alpha value is -4.37. The second-order valence-electron chi connectivity index (χ2n) is 11.6. The largest absolute Gasteiger partial charge is 0.443 e. The summed E-state index contributed by atoms with van der Waals surface area (Å²) in [4.78, 5) is 20.5. The SMILES string of the molecule is Cc1cc2c(N)cccc2n1-c1nc(N(Cc2ccccc2)C(=O)OC(C)(C)C)c2ccc(C3CCOCC3)n2n1. The van der Waals surface area contributed by atoms with Gasteiger partial charge in [0.1, 0.15) is 11.1 Å². The van der Waals surface area contributed by atoms with Gasteiger partial charge in [0.2, 0.25) is 0 Å². The molecule has 1 aliphatic rings. The first-order chi connectivity index (χ1) is 19.7. The summed E-state index contributed by atoms with van der Waals surface area (Å²) in [5, 5.41) is 6.02. The number of amides is 1. The van der Waals surface area contributed by atoms with Crippen molar-refractivity contribution >= 4 is 34.0 Å². The summed E-state index contributed by atoms with van der Waals surface area (Å²) in [6.45, 7) is 9.32. The topological polar surface area (TPSA) is 99.9 Å². The molecule has 0 saturated carbocycles. The smallest absolute Gasteiger partial charge is 0.416 e. The van der Waals surface area contributed by atoms with Crippen molar-refractivity contribution in [3.8, 4) is 5.95 Å². The van der Waals surface area contributed by atoms with Crippen LogP contribution in [0.2, 0.25) is 0 Å². The third-order valence-electron chi connectivity index (χ3n) is 7.47. The number of carbonyl (C=O) groups is 1. The number of nitrogens with zero attached hydrogens (tertiary/aromatic N) is 5. The maximum absolute atomic E-state index is 13.8. The fourth-order valence-electron chi connectivity index (χ4n) is 5.55. The van der Waals surface area contributed by atoms with Crippen molar-refractivity contribution in [1.82, 2.24) is 19.2 Å². The summed E-state index contributed by atoms with van der Waals surface area (Å²) in [7, 11) is 0. The van der Waals surface area contributed by atoms with Crippen LogP contribution in [-0.4, -0.2) is 44.1 Å². The monoisotopic (exact) mass is 552 g/mol. The predicted octanol–water partition coefficient (Wildman–Crippen LogP) is 6.40. The Morgan fingerprint density at radius 1 is 1.05 bits per heavy atom. The average Bonchev–Trinajstić information content (AvgIpc) is 3.53. The summed E-state index contributed by atoms with van der Waals surface area (Å²) in [5.41, 5.74) is 11.0. The predicted molar refractivity (Wildman–Crippen MR) is 161 cm³/mol. The van der Waals surface area contributed by atoms with Crippen LogP contribution >= 0.6 is 0 Å². The van der Waals surface area contributed by atoms with E-state index < -0.39 is 11.7 Å². The van der Waals surface area contributed by atoms with Crippen LogP contribution in [0.3, 0.4) is 0 Å². The molecule has 2 aromatic carbocycles. The maximum atomic E-state index is 13.8. The molecular formula is C32H36N6O3. The van der Waals surface area contributed by atoms with Gasteiger partial charge in [0, 0.05) is 41.6 Å². The third-order valence-corrected chi connectivity index (χ3v) is 7.47. The molecule has 1 fully saturated rings. The molecule has 1 aliphatic heterocycles. The summed E-state index contributed by atoms with van der Waals surface area (Å²) in [6.07, 6.45) is 1.34. The number of hydrogen-bond acceptors (Lipinski definition) is 6. The van der Waals surface area contributed by atoms with Crippen LogP contribution in [0, 0.1) is 6.92 Å². The van der Waals surface area contributed by atoms with Gasteiger partial charge in [-0.2, -0.15) is 4.98 Å². The highest BCUT2D eigenvalue weighted by atomic mass is 16.6. The number of ether oxygens (including phenoxy) is 2.